The van der Waals surface area contributed by atoms with Gasteiger partial charge >= 0.3 is 0 Å². The molecular weight excluding hydrogens is 162 g/mol. The van der Waals surface area contributed by atoms with E-state index in [9.17, 15) is 0 Å². The van der Waals surface area contributed by atoms with E-state index in [1.54, 1.807) is 0 Å². The van der Waals surface area contributed by atoms with Crippen LogP contribution in [0.5, 0.6) is 0 Å². The Kier molecular flexibility index (Phi) is 3.74. The van der Waals surface area contributed by atoms with E-state index in [1.165, 1.54) is 25.8 Å². The summed E-state index contributed by atoms with van der Waals surface area (Å²) in [7, 11) is 0. The van der Waals surface area contributed by atoms with Gasteiger partial charge in [-0.05, 0) is 37.8 Å². The maximum atomic E-state index is 9.12. The van der Waals surface area contributed by atoms with E-state index in [0.717, 1.165) is 6.54 Å². The third-order valence-corrected chi connectivity index (χ3v) is 2.86. The summed E-state index contributed by atoms with van der Waals surface area (Å²) < 4.78 is 0. The lowest BCUT2D eigenvalue weighted by Gasteiger charge is -2.27. The molecule has 0 aromatic carbocycles. The molecule has 0 aromatic rings. The van der Waals surface area contributed by atoms with Crippen molar-refractivity contribution in [3.05, 3.63) is 0 Å². The lowest BCUT2D eigenvalue weighted by atomic mass is 9.92. The summed E-state index contributed by atoms with van der Waals surface area (Å²) in [5.41, 5.74) is 0.419. The Morgan fingerprint density at radius 3 is 2.62 bits per heavy atom. The molecule has 0 bridgehead atoms. The van der Waals surface area contributed by atoms with E-state index in [4.69, 9.17) is 5.11 Å². The average molecular weight is 185 g/mol. The van der Waals surface area contributed by atoms with Gasteiger partial charge in [-0.1, -0.05) is 20.8 Å². The number of hydrogen-bond donors (Lipinski definition) is 1. The van der Waals surface area contributed by atoms with Gasteiger partial charge in [-0.2, -0.15) is 0 Å². The molecular formula is C11H23NO. The van der Waals surface area contributed by atoms with Crippen LogP contribution in [0.2, 0.25) is 0 Å². The fourth-order valence-electron chi connectivity index (χ4n) is 1.88. The number of rotatable bonds is 3. The van der Waals surface area contributed by atoms with Gasteiger partial charge in [0.15, 0.2) is 0 Å². The normalized spacial score (nSPS) is 25.4. The zero-order valence-corrected chi connectivity index (χ0v) is 9.21. The average Bonchev–Trinajstić information content (AvgIpc) is 2.46. The molecule has 0 spiro atoms. The first-order valence-corrected chi connectivity index (χ1v) is 5.38. The molecule has 2 heteroatoms. The highest BCUT2D eigenvalue weighted by atomic mass is 16.3. The number of likely N-dealkylation sites (tertiary alicyclic amines) is 1. The van der Waals surface area contributed by atoms with Crippen molar-refractivity contribution in [3.8, 4) is 0 Å². The predicted molar refractivity (Wildman–Crippen MR) is 55.8 cm³/mol. The molecule has 0 unspecified atom stereocenters. The Morgan fingerprint density at radius 1 is 1.38 bits per heavy atom. The van der Waals surface area contributed by atoms with Crippen LogP contribution in [0.1, 0.15) is 40.0 Å². The maximum absolute atomic E-state index is 9.12. The van der Waals surface area contributed by atoms with Crippen LogP contribution in [-0.2, 0) is 0 Å². The molecule has 1 aliphatic heterocycles. The first-order valence-electron chi connectivity index (χ1n) is 5.38. The Labute approximate surface area is 81.9 Å². The van der Waals surface area contributed by atoms with Gasteiger partial charge < -0.3 is 5.11 Å². The van der Waals surface area contributed by atoms with Gasteiger partial charge in [0.1, 0.15) is 0 Å². The number of aliphatic hydroxyl groups is 1. The summed E-state index contributed by atoms with van der Waals surface area (Å²) in [6.45, 7) is 9.49. The van der Waals surface area contributed by atoms with Crippen molar-refractivity contribution < 1.29 is 5.11 Å². The van der Waals surface area contributed by atoms with Crippen molar-refractivity contribution >= 4 is 0 Å². The second-order valence-corrected chi connectivity index (χ2v) is 5.33. The summed E-state index contributed by atoms with van der Waals surface area (Å²) in [6.07, 6.45) is 3.67. The minimum Gasteiger partial charge on any atom is -0.395 e. The summed E-state index contributed by atoms with van der Waals surface area (Å²) >= 11 is 0. The van der Waals surface area contributed by atoms with Gasteiger partial charge in [-0.3, -0.25) is 4.90 Å². The summed E-state index contributed by atoms with van der Waals surface area (Å²) in [5, 5.41) is 9.12. The first-order chi connectivity index (χ1) is 6.03. The van der Waals surface area contributed by atoms with Crippen molar-refractivity contribution in [1.82, 2.24) is 4.90 Å². The molecule has 13 heavy (non-hydrogen) atoms. The number of hydrogen-bond acceptors (Lipinski definition) is 2. The molecule has 0 aliphatic carbocycles. The third kappa shape index (κ3) is 3.65. The highest BCUT2D eigenvalue weighted by Crippen LogP contribution is 2.23. The number of aliphatic hydroxyl groups excluding tert-OH is 1. The van der Waals surface area contributed by atoms with Crippen molar-refractivity contribution in [3.63, 3.8) is 0 Å². The molecule has 1 rings (SSSR count). The zero-order chi connectivity index (χ0) is 9.90. The van der Waals surface area contributed by atoms with E-state index in [0.29, 0.717) is 18.1 Å². The second-order valence-electron chi connectivity index (χ2n) is 5.33. The number of nitrogens with zero attached hydrogens (tertiary/aromatic N) is 1. The van der Waals surface area contributed by atoms with E-state index >= 15 is 0 Å². The Hall–Kier alpha value is -0.0800. The Balaban J connectivity index is 2.28. The molecule has 1 N–H and O–H groups in total. The molecule has 1 saturated heterocycles. The summed E-state index contributed by atoms with van der Waals surface area (Å²) in [4.78, 5) is 2.44. The van der Waals surface area contributed by atoms with Crippen LogP contribution in [0.4, 0.5) is 0 Å². The Morgan fingerprint density at radius 2 is 2.08 bits per heavy atom. The van der Waals surface area contributed by atoms with Gasteiger partial charge in [0.2, 0.25) is 0 Å². The van der Waals surface area contributed by atoms with Gasteiger partial charge in [-0.25, -0.2) is 0 Å². The van der Waals surface area contributed by atoms with Crippen LogP contribution in [-0.4, -0.2) is 35.7 Å². The van der Waals surface area contributed by atoms with Crippen LogP contribution >= 0.6 is 0 Å². The van der Waals surface area contributed by atoms with E-state index < -0.39 is 0 Å². The maximum Gasteiger partial charge on any atom is 0.0586 e. The fourth-order valence-corrected chi connectivity index (χ4v) is 1.88. The lowest BCUT2D eigenvalue weighted by molar-refractivity contribution is 0.145. The molecule has 0 radical (unpaired) electrons. The van der Waals surface area contributed by atoms with Crippen molar-refractivity contribution in [2.24, 2.45) is 5.41 Å². The minimum atomic E-state index is 0.337. The molecule has 0 amide bonds. The standard InChI is InChI=1S/C11H23NO/c1-11(2,3)6-8-12-7-4-5-10(12)9-13/h10,13H,4-9H2,1-3H3/t10-/m0/s1. The van der Waals surface area contributed by atoms with Crippen molar-refractivity contribution in [2.75, 3.05) is 19.7 Å². The highest BCUT2D eigenvalue weighted by molar-refractivity contribution is 4.79. The third-order valence-electron chi connectivity index (χ3n) is 2.86. The van der Waals surface area contributed by atoms with Crippen LogP contribution in [0.3, 0.4) is 0 Å². The Bertz CT molecular complexity index is 151. The largest absolute Gasteiger partial charge is 0.395 e. The van der Waals surface area contributed by atoms with Crippen molar-refractivity contribution in [2.45, 2.75) is 46.1 Å². The summed E-state index contributed by atoms with van der Waals surface area (Å²) in [6, 6.07) is 0.447. The zero-order valence-electron chi connectivity index (χ0n) is 9.21. The van der Waals surface area contributed by atoms with Crippen LogP contribution < -0.4 is 0 Å². The smallest absolute Gasteiger partial charge is 0.0586 e. The van der Waals surface area contributed by atoms with Crippen LogP contribution in [0.25, 0.3) is 0 Å². The fraction of sp³-hybridized carbons (Fsp3) is 1.00. The quantitative estimate of drug-likeness (QED) is 0.725. The predicted octanol–water partition coefficient (Wildman–Crippen LogP) is 1.88. The topological polar surface area (TPSA) is 23.5 Å². The highest BCUT2D eigenvalue weighted by Gasteiger charge is 2.24. The van der Waals surface area contributed by atoms with E-state index in [2.05, 4.69) is 25.7 Å². The molecule has 1 heterocycles. The summed E-state index contributed by atoms with van der Waals surface area (Å²) in [5.74, 6) is 0. The van der Waals surface area contributed by atoms with E-state index in [1.807, 2.05) is 0 Å². The first kappa shape index (κ1) is 11.0. The van der Waals surface area contributed by atoms with Crippen LogP contribution in [0.15, 0.2) is 0 Å². The second kappa shape index (κ2) is 4.43. The molecule has 1 aliphatic rings. The lowest BCUT2D eigenvalue weighted by Crippen LogP contribution is -2.34. The molecule has 0 saturated carbocycles. The van der Waals surface area contributed by atoms with Crippen LogP contribution in [0, 0.1) is 5.41 Å². The van der Waals surface area contributed by atoms with Crippen molar-refractivity contribution in [1.29, 1.82) is 0 Å². The molecule has 78 valence electrons. The molecule has 1 atom stereocenters. The monoisotopic (exact) mass is 185 g/mol. The minimum absolute atomic E-state index is 0.337. The van der Waals surface area contributed by atoms with Gasteiger partial charge in [0.25, 0.3) is 0 Å². The van der Waals surface area contributed by atoms with Gasteiger partial charge in [0, 0.05) is 6.04 Å². The van der Waals surface area contributed by atoms with Gasteiger partial charge in [0.05, 0.1) is 6.61 Å². The SMILES string of the molecule is CC(C)(C)CCN1CCC[C@H]1CO. The molecule has 0 aromatic heterocycles. The van der Waals surface area contributed by atoms with E-state index in [-0.39, 0.29) is 0 Å². The molecule has 1 fully saturated rings. The molecule has 2 nitrogen and oxygen atoms in total. The van der Waals surface area contributed by atoms with Gasteiger partial charge in [-0.15, -0.1) is 0 Å².